The number of nitrogens with one attached hydrogen (secondary N) is 1. The van der Waals surface area contributed by atoms with Gasteiger partial charge < -0.3 is 9.47 Å². The van der Waals surface area contributed by atoms with E-state index in [1.165, 1.54) is 0 Å². The summed E-state index contributed by atoms with van der Waals surface area (Å²) in [7, 11) is 0. The van der Waals surface area contributed by atoms with Gasteiger partial charge in [0.25, 0.3) is 0 Å². The summed E-state index contributed by atoms with van der Waals surface area (Å²) < 4.78 is 11.0. The summed E-state index contributed by atoms with van der Waals surface area (Å²) in [6.45, 7) is 8.33. The average Bonchev–Trinajstić information content (AvgIpc) is 2.46. The van der Waals surface area contributed by atoms with E-state index in [9.17, 15) is 5.26 Å². The Morgan fingerprint density at radius 2 is 2.16 bits per heavy atom. The summed E-state index contributed by atoms with van der Waals surface area (Å²) in [6, 6.07) is 2.37. The lowest BCUT2D eigenvalue weighted by atomic mass is 9.97. The topological polar surface area (TPSA) is 54.3 Å². The van der Waals surface area contributed by atoms with Crippen LogP contribution in [0.15, 0.2) is 0 Å². The lowest BCUT2D eigenvalue weighted by molar-refractivity contribution is 0.0192. The molecule has 1 aliphatic rings. The highest BCUT2D eigenvalue weighted by atomic mass is 16.5. The number of nitrogens with zero attached hydrogens (tertiary/aromatic N) is 1. The molecule has 0 spiro atoms. The van der Waals surface area contributed by atoms with E-state index in [0.717, 1.165) is 65.1 Å². The zero-order valence-corrected chi connectivity index (χ0v) is 12.4. The molecular weight excluding hydrogens is 240 g/mol. The Balaban J connectivity index is 2.06. The molecule has 0 bridgehead atoms. The summed E-state index contributed by atoms with van der Waals surface area (Å²) in [5.41, 5.74) is -0.405. The van der Waals surface area contributed by atoms with E-state index in [2.05, 4.69) is 18.3 Å². The maximum atomic E-state index is 9.21. The lowest BCUT2D eigenvalue weighted by Crippen LogP contribution is -2.41. The summed E-state index contributed by atoms with van der Waals surface area (Å²) in [4.78, 5) is 0. The second-order valence-electron chi connectivity index (χ2n) is 5.60. The average molecular weight is 268 g/mol. The second-order valence-corrected chi connectivity index (χ2v) is 5.60. The van der Waals surface area contributed by atoms with Crippen LogP contribution in [0, 0.1) is 17.2 Å². The largest absolute Gasteiger partial charge is 0.381 e. The second kappa shape index (κ2) is 9.30. The molecule has 0 saturated carbocycles. The van der Waals surface area contributed by atoms with Crippen molar-refractivity contribution in [2.45, 2.75) is 51.5 Å². The minimum atomic E-state index is -0.405. The van der Waals surface area contributed by atoms with E-state index in [-0.39, 0.29) is 0 Å². The maximum Gasteiger partial charge on any atom is 0.104 e. The van der Waals surface area contributed by atoms with Crippen molar-refractivity contribution in [2.75, 3.05) is 33.0 Å². The van der Waals surface area contributed by atoms with Gasteiger partial charge in [0, 0.05) is 26.4 Å². The molecule has 1 unspecified atom stereocenters. The highest BCUT2D eigenvalue weighted by molar-refractivity contribution is 5.03. The van der Waals surface area contributed by atoms with Gasteiger partial charge in [-0.2, -0.15) is 5.26 Å². The zero-order chi connectivity index (χ0) is 14.0. The summed E-state index contributed by atoms with van der Waals surface area (Å²) in [6.07, 6.45) is 5.07. The normalized spacial score (nSPS) is 19.8. The molecule has 0 aromatic rings. The van der Waals surface area contributed by atoms with Gasteiger partial charge in [0.05, 0.1) is 6.07 Å². The van der Waals surface area contributed by atoms with Crippen LogP contribution < -0.4 is 5.32 Å². The quantitative estimate of drug-likeness (QED) is 0.653. The van der Waals surface area contributed by atoms with Crippen molar-refractivity contribution in [1.82, 2.24) is 5.32 Å². The zero-order valence-electron chi connectivity index (χ0n) is 12.4. The van der Waals surface area contributed by atoms with Crippen LogP contribution in [-0.4, -0.2) is 38.5 Å². The van der Waals surface area contributed by atoms with E-state index in [1.54, 1.807) is 0 Å². The Bertz CT molecular complexity index is 272. The summed E-state index contributed by atoms with van der Waals surface area (Å²) in [5.74, 6) is 0.661. The third kappa shape index (κ3) is 6.91. The molecule has 1 saturated heterocycles. The molecule has 1 N–H and O–H groups in total. The van der Waals surface area contributed by atoms with Gasteiger partial charge in [-0.05, 0) is 51.5 Å². The Morgan fingerprint density at radius 1 is 1.42 bits per heavy atom. The molecule has 1 atom stereocenters. The van der Waals surface area contributed by atoms with Crippen LogP contribution in [0.4, 0.5) is 0 Å². The highest BCUT2D eigenvalue weighted by Gasteiger charge is 2.21. The Kier molecular flexibility index (Phi) is 8.04. The number of rotatable bonds is 9. The van der Waals surface area contributed by atoms with Gasteiger partial charge >= 0.3 is 0 Å². The van der Waals surface area contributed by atoms with Crippen LogP contribution in [0.1, 0.15) is 46.0 Å². The molecule has 4 nitrogen and oxygen atoms in total. The molecule has 1 heterocycles. The van der Waals surface area contributed by atoms with Crippen molar-refractivity contribution in [3.63, 3.8) is 0 Å². The van der Waals surface area contributed by atoms with Crippen molar-refractivity contribution in [3.8, 4) is 6.07 Å². The van der Waals surface area contributed by atoms with E-state index >= 15 is 0 Å². The maximum absolute atomic E-state index is 9.21. The lowest BCUT2D eigenvalue weighted by Gasteiger charge is -2.24. The third-order valence-electron chi connectivity index (χ3n) is 3.67. The Hall–Kier alpha value is -0.630. The van der Waals surface area contributed by atoms with Gasteiger partial charge in [0.15, 0.2) is 0 Å². The fourth-order valence-electron chi connectivity index (χ4n) is 2.28. The van der Waals surface area contributed by atoms with Crippen LogP contribution in [0.25, 0.3) is 0 Å². The van der Waals surface area contributed by atoms with Crippen LogP contribution in [0.2, 0.25) is 0 Å². The molecule has 0 radical (unpaired) electrons. The van der Waals surface area contributed by atoms with E-state index in [0.29, 0.717) is 5.92 Å². The number of hydrogen-bond acceptors (Lipinski definition) is 4. The van der Waals surface area contributed by atoms with Gasteiger partial charge in [-0.3, -0.25) is 5.32 Å². The molecule has 19 heavy (non-hydrogen) atoms. The van der Waals surface area contributed by atoms with Gasteiger partial charge in [-0.15, -0.1) is 0 Å². The molecule has 110 valence electrons. The molecule has 0 aromatic heterocycles. The minimum Gasteiger partial charge on any atom is -0.381 e. The molecule has 0 aliphatic carbocycles. The van der Waals surface area contributed by atoms with Crippen LogP contribution in [0.3, 0.4) is 0 Å². The Labute approximate surface area is 117 Å². The molecule has 1 rings (SSSR count). The van der Waals surface area contributed by atoms with Gasteiger partial charge in [0.2, 0.25) is 0 Å². The monoisotopic (exact) mass is 268 g/mol. The van der Waals surface area contributed by atoms with Gasteiger partial charge in [-0.1, -0.05) is 6.92 Å². The third-order valence-corrected chi connectivity index (χ3v) is 3.67. The first-order chi connectivity index (χ1) is 9.20. The molecule has 4 heteroatoms. The van der Waals surface area contributed by atoms with Crippen molar-refractivity contribution in [1.29, 1.82) is 5.26 Å². The fraction of sp³-hybridized carbons (Fsp3) is 0.933. The standard InChI is InChI=1S/C15H28N2O2/c1-3-8-17-15(2,13-16)7-4-9-19-12-14-5-10-18-11-6-14/h14,17H,3-12H2,1-2H3. The summed E-state index contributed by atoms with van der Waals surface area (Å²) >= 11 is 0. The number of nitriles is 1. The molecule has 1 fully saturated rings. The van der Waals surface area contributed by atoms with Crippen molar-refractivity contribution in [2.24, 2.45) is 5.92 Å². The summed E-state index contributed by atoms with van der Waals surface area (Å²) in [5, 5.41) is 12.5. The SMILES string of the molecule is CCCNC(C)(C#N)CCCOCC1CCOCC1. The van der Waals surface area contributed by atoms with E-state index in [1.807, 2.05) is 6.92 Å². The molecule has 0 aromatic carbocycles. The van der Waals surface area contributed by atoms with Gasteiger partial charge in [-0.25, -0.2) is 0 Å². The van der Waals surface area contributed by atoms with Crippen molar-refractivity contribution in [3.05, 3.63) is 0 Å². The predicted octanol–water partition coefficient (Wildman–Crippen LogP) is 2.49. The first-order valence-corrected chi connectivity index (χ1v) is 7.52. The molecule has 1 aliphatic heterocycles. The first kappa shape index (κ1) is 16.4. The van der Waals surface area contributed by atoms with Crippen molar-refractivity contribution < 1.29 is 9.47 Å². The highest BCUT2D eigenvalue weighted by Crippen LogP contribution is 2.16. The predicted molar refractivity (Wildman–Crippen MR) is 75.9 cm³/mol. The van der Waals surface area contributed by atoms with E-state index in [4.69, 9.17) is 9.47 Å². The van der Waals surface area contributed by atoms with Crippen LogP contribution in [-0.2, 0) is 9.47 Å². The minimum absolute atomic E-state index is 0.405. The number of ether oxygens (including phenoxy) is 2. The number of hydrogen-bond donors (Lipinski definition) is 1. The van der Waals surface area contributed by atoms with Crippen LogP contribution >= 0.6 is 0 Å². The van der Waals surface area contributed by atoms with Gasteiger partial charge in [0.1, 0.15) is 5.54 Å². The smallest absolute Gasteiger partial charge is 0.104 e. The molecule has 0 amide bonds. The first-order valence-electron chi connectivity index (χ1n) is 7.52. The fourth-order valence-corrected chi connectivity index (χ4v) is 2.28. The Morgan fingerprint density at radius 3 is 2.79 bits per heavy atom. The molecular formula is C15H28N2O2. The van der Waals surface area contributed by atoms with Crippen LogP contribution in [0.5, 0.6) is 0 Å². The van der Waals surface area contributed by atoms with Crippen molar-refractivity contribution >= 4 is 0 Å². The van der Waals surface area contributed by atoms with E-state index < -0.39 is 5.54 Å².